The Labute approximate surface area is 156 Å². The lowest BCUT2D eigenvalue weighted by molar-refractivity contribution is -0.146. The summed E-state index contributed by atoms with van der Waals surface area (Å²) in [5.74, 6) is -2.96. The van der Waals surface area contributed by atoms with Crippen LogP contribution in [0.4, 0.5) is 17.6 Å². The first-order valence-corrected chi connectivity index (χ1v) is 8.87. The standard InChI is InChI=1S/C18H14F4N2O2S/c1-10(17-23-14-4-2-3-5-15(14)24(17)18(21)22)26-16(25)9-27-11-6-7-12(19)13(20)8-11/h2-8,10,18H,9H2,1H3. The molecule has 1 heterocycles. The third-order valence-corrected chi connectivity index (χ3v) is 4.71. The number of imidazole rings is 1. The predicted octanol–water partition coefficient (Wildman–Crippen LogP) is 5.11. The van der Waals surface area contributed by atoms with Crippen molar-refractivity contribution in [2.75, 3.05) is 5.75 Å². The van der Waals surface area contributed by atoms with E-state index in [4.69, 9.17) is 4.74 Å². The number of nitrogens with zero attached hydrogens (tertiary/aromatic N) is 2. The molecule has 2 aromatic carbocycles. The number of ether oxygens (including phenoxy) is 1. The first-order chi connectivity index (χ1) is 12.9. The van der Waals surface area contributed by atoms with Crippen molar-refractivity contribution in [2.45, 2.75) is 24.5 Å². The van der Waals surface area contributed by atoms with E-state index in [-0.39, 0.29) is 17.1 Å². The van der Waals surface area contributed by atoms with E-state index in [2.05, 4.69) is 4.98 Å². The van der Waals surface area contributed by atoms with Crippen molar-refractivity contribution < 1.29 is 27.1 Å². The summed E-state index contributed by atoms with van der Waals surface area (Å²) in [4.78, 5) is 16.5. The molecule has 0 N–H and O–H groups in total. The monoisotopic (exact) mass is 398 g/mol. The van der Waals surface area contributed by atoms with Crippen molar-refractivity contribution in [1.29, 1.82) is 0 Å². The van der Waals surface area contributed by atoms with Gasteiger partial charge in [0.15, 0.2) is 23.6 Å². The van der Waals surface area contributed by atoms with Gasteiger partial charge in [-0.3, -0.25) is 9.36 Å². The Bertz CT molecular complexity index is 977. The number of halogens is 4. The van der Waals surface area contributed by atoms with Crippen molar-refractivity contribution in [2.24, 2.45) is 0 Å². The maximum atomic E-state index is 13.4. The topological polar surface area (TPSA) is 44.1 Å². The molecule has 0 saturated heterocycles. The molecule has 1 unspecified atom stereocenters. The number of thioether (sulfide) groups is 1. The lowest BCUT2D eigenvalue weighted by Gasteiger charge is -2.15. The van der Waals surface area contributed by atoms with Crippen molar-refractivity contribution in [3.8, 4) is 0 Å². The summed E-state index contributed by atoms with van der Waals surface area (Å²) in [7, 11) is 0. The van der Waals surface area contributed by atoms with Gasteiger partial charge in [0.1, 0.15) is 0 Å². The lowest BCUT2D eigenvalue weighted by Crippen LogP contribution is -2.15. The summed E-state index contributed by atoms with van der Waals surface area (Å²) in [6.07, 6.45) is -1.01. The van der Waals surface area contributed by atoms with Crippen LogP contribution in [0.2, 0.25) is 0 Å². The molecule has 0 radical (unpaired) electrons. The summed E-state index contributed by atoms with van der Waals surface area (Å²) in [5.41, 5.74) is 0.605. The van der Waals surface area contributed by atoms with Crippen molar-refractivity contribution >= 4 is 28.8 Å². The number of fused-ring (bicyclic) bond motifs is 1. The second-order valence-corrected chi connectivity index (χ2v) is 6.65. The van der Waals surface area contributed by atoms with Gasteiger partial charge in [-0.25, -0.2) is 13.8 Å². The number of carbonyl (C=O) groups excluding carboxylic acids is 1. The third kappa shape index (κ3) is 4.24. The number of benzene rings is 2. The molecule has 27 heavy (non-hydrogen) atoms. The first kappa shape index (κ1) is 19.2. The summed E-state index contributed by atoms with van der Waals surface area (Å²) < 4.78 is 58.9. The fourth-order valence-electron chi connectivity index (χ4n) is 2.55. The number of aromatic nitrogens is 2. The Kier molecular flexibility index (Phi) is 5.69. The highest BCUT2D eigenvalue weighted by atomic mass is 32.2. The number of carbonyl (C=O) groups is 1. The Morgan fingerprint density at radius 1 is 1.19 bits per heavy atom. The summed E-state index contributed by atoms with van der Waals surface area (Å²) in [6.45, 7) is -1.40. The van der Waals surface area contributed by atoms with Crippen LogP contribution in [0.3, 0.4) is 0 Å². The highest BCUT2D eigenvalue weighted by Crippen LogP contribution is 2.28. The van der Waals surface area contributed by atoms with E-state index in [9.17, 15) is 22.4 Å². The van der Waals surface area contributed by atoms with Crippen LogP contribution in [0.25, 0.3) is 11.0 Å². The Balaban J connectivity index is 1.70. The number of hydrogen-bond acceptors (Lipinski definition) is 4. The Morgan fingerprint density at radius 2 is 1.93 bits per heavy atom. The van der Waals surface area contributed by atoms with Crippen LogP contribution >= 0.6 is 11.8 Å². The van der Waals surface area contributed by atoms with E-state index in [1.807, 2.05) is 0 Å². The van der Waals surface area contributed by atoms with E-state index in [0.29, 0.717) is 10.4 Å². The zero-order valence-electron chi connectivity index (χ0n) is 14.0. The van der Waals surface area contributed by atoms with Gasteiger partial charge >= 0.3 is 12.5 Å². The molecule has 0 aliphatic carbocycles. The molecule has 0 saturated carbocycles. The van der Waals surface area contributed by atoms with Crippen LogP contribution in [0.5, 0.6) is 0 Å². The normalized spacial score (nSPS) is 12.5. The van der Waals surface area contributed by atoms with Gasteiger partial charge < -0.3 is 4.74 Å². The molecule has 3 rings (SSSR count). The van der Waals surface area contributed by atoms with Crippen LogP contribution in [0.15, 0.2) is 47.4 Å². The summed E-state index contributed by atoms with van der Waals surface area (Å²) in [5, 5.41) is 0. The molecule has 0 aliphatic heterocycles. The first-order valence-electron chi connectivity index (χ1n) is 7.89. The minimum Gasteiger partial charge on any atom is -0.454 e. The Morgan fingerprint density at radius 3 is 2.63 bits per heavy atom. The molecule has 0 aliphatic rings. The number of rotatable bonds is 6. The van der Waals surface area contributed by atoms with Crippen molar-refractivity contribution in [3.05, 3.63) is 59.9 Å². The number of hydrogen-bond donors (Lipinski definition) is 0. The minimum absolute atomic E-state index is 0.0719. The molecule has 1 atom stereocenters. The van der Waals surface area contributed by atoms with Gasteiger partial charge in [0.2, 0.25) is 0 Å². The maximum absolute atomic E-state index is 13.4. The van der Waals surface area contributed by atoms with E-state index in [1.54, 1.807) is 18.2 Å². The highest BCUT2D eigenvalue weighted by Gasteiger charge is 2.24. The van der Waals surface area contributed by atoms with Crippen LogP contribution in [-0.2, 0) is 9.53 Å². The summed E-state index contributed by atoms with van der Waals surface area (Å²) >= 11 is 0.948. The lowest BCUT2D eigenvalue weighted by atomic mass is 10.3. The molecular formula is C18H14F4N2O2S. The molecule has 4 nitrogen and oxygen atoms in total. The average Bonchev–Trinajstić information content (AvgIpc) is 3.02. The summed E-state index contributed by atoms with van der Waals surface area (Å²) in [6, 6.07) is 9.63. The number of esters is 1. The molecule has 0 bridgehead atoms. The zero-order chi connectivity index (χ0) is 19.6. The fraction of sp³-hybridized carbons (Fsp3) is 0.222. The number of alkyl halides is 2. The Hall–Kier alpha value is -2.55. The smallest absolute Gasteiger partial charge is 0.320 e. The van der Waals surface area contributed by atoms with Crippen LogP contribution in [0.1, 0.15) is 25.4 Å². The third-order valence-electron chi connectivity index (χ3n) is 3.74. The van der Waals surface area contributed by atoms with Crippen molar-refractivity contribution in [1.82, 2.24) is 9.55 Å². The van der Waals surface area contributed by atoms with Gasteiger partial charge in [0.25, 0.3) is 0 Å². The molecule has 1 aromatic heterocycles. The van der Waals surface area contributed by atoms with Gasteiger partial charge in [-0.15, -0.1) is 11.8 Å². The second-order valence-electron chi connectivity index (χ2n) is 5.60. The van der Waals surface area contributed by atoms with Gasteiger partial charge in [0.05, 0.1) is 16.8 Å². The van der Waals surface area contributed by atoms with E-state index >= 15 is 0 Å². The molecule has 0 amide bonds. The van der Waals surface area contributed by atoms with E-state index < -0.39 is 30.3 Å². The van der Waals surface area contributed by atoms with E-state index in [0.717, 1.165) is 28.5 Å². The van der Waals surface area contributed by atoms with Gasteiger partial charge in [-0.05, 0) is 37.3 Å². The molecule has 0 spiro atoms. The molecule has 142 valence electrons. The average molecular weight is 398 g/mol. The zero-order valence-corrected chi connectivity index (χ0v) is 14.9. The van der Waals surface area contributed by atoms with Gasteiger partial charge in [0, 0.05) is 4.90 Å². The van der Waals surface area contributed by atoms with Crippen LogP contribution < -0.4 is 0 Å². The maximum Gasteiger partial charge on any atom is 0.320 e. The SMILES string of the molecule is CC(OC(=O)CSc1ccc(F)c(F)c1)c1nc2ccccc2n1C(F)F. The van der Waals surface area contributed by atoms with Crippen molar-refractivity contribution in [3.63, 3.8) is 0 Å². The molecular weight excluding hydrogens is 384 g/mol. The van der Waals surface area contributed by atoms with Gasteiger partial charge in [-0.1, -0.05) is 12.1 Å². The van der Waals surface area contributed by atoms with Gasteiger partial charge in [-0.2, -0.15) is 8.78 Å². The second kappa shape index (κ2) is 7.99. The molecule has 9 heteroatoms. The largest absolute Gasteiger partial charge is 0.454 e. The quantitative estimate of drug-likeness (QED) is 0.329. The van der Waals surface area contributed by atoms with E-state index in [1.165, 1.54) is 19.1 Å². The molecule has 0 fully saturated rings. The minimum atomic E-state index is -2.84. The van der Waals surface area contributed by atoms with Crippen LogP contribution in [0, 0.1) is 11.6 Å². The number of para-hydroxylation sites is 2. The molecule has 3 aromatic rings. The fourth-order valence-corrected chi connectivity index (χ4v) is 3.25. The predicted molar refractivity (Wildman–Crippen MR) is 92.6 cm³/mol. The van der Waals surface area contributed by atoms with Crippen LogP contribution in [-0.4, -0.2) is 21.3 Å². The highest BCUT2D eigenvalue weighted by molar-refractivity contribution is 8.00.